The van der Waals surface area contributed by atoms with Gasteiger partial charge in [0.2, 0.25) is 0 Å². The highest BCUT2D eigenvalue weighted by Gasteiger charge is 2.26. The molecule has 0 spiro atoms. The Labute approximate surface area is 174 Å². The number of rotatable bonds is 4. The molecule has 0 atom stereocenters. The second-order valence-electron chi connectivity index (χ2n) is 7.20. The molecular formula is C21H23ClN6O. The summed E-state index contributed by atoms with van der Waals surface area (Å²) in [5.41, 5.74) is 4.68. The fraction of sp³-hybridized carbons (Fsp3) is 0.286. The third-order valence-corrected chi connectivity index (χ3v) is 5.53. The van der Waals surface area contributed by atoms with Gasteiger partial charge in [-0.2, -0.15) is 5.21 Å². The number of nitrogens with zero attached hydrogens (tertiary/aromatic N) is 4. The first-order valence-corrected chi connectivity index (χ1v) is 9.94. The number of H-pyrrole nitrogens is 1. The Kier molecular flexibility index (Phi) is 5.40. The average Bonchev–Trinajstić information content (AvgIpc) is 3.19. The fourth-order valence-electron chi connectivity index (χ4n) is 3.39. The lowest BCUT2D eigenvalue weighted by atomic mass is 10.1. The number of carbonyl (C=O) groups excluding carboxylic acids is 1. The molecule has 1 fully saturated rings. The predicted octanol–water partition coefficient (Wildman–Crippen LogP) is 3.78. The molecule has 3 aromatic rings. The van der Waals surface area contributed by atoms with E-state index in [4.69, 9.17) is 11.6 Å². The van der Waals surface area contributed by atoms with Gasteiger partial charge in [0.05, 0.1) is 0 Å². The molecule has 4 rings (SSSR count). The minimum Gasteiger partial charge on any atom is -0.368 e. The molecule has 29 heavy (non-hydrogen) atoms. The van der Waals surface area contributed by atoms with E-state index in [0.29, 0.717) is 24.6 Å². The van der Waals surface area contributed by atoms with Crippen molar-refractivity contribution in [3.05, 3.63) is 64.3 Å². The number of aromatic amines is 1. The van der Waals surface area contributed by atoms with Gasteiger partial charge in [0.1, 0.15) is 0 Å². The Morgan fingerprint density at radius 1 is 1.00 bits per heavy atom. The van der Waals surface area contributed by atoms with Crippen molar-refractivity contribution in [3.63, 3.8) is 0 Å². The number of aryl methyl sites for hydroxylation is 2. The molecule has 2 N–H and O–H groups in total. The molecule has 0 bridgehead atoms. The van der Waals surface area contributed by atoms with Gasteiger partial charge in [-0.1, -0.05) is 17.7 Å². The molecule has 0 saturated carbocycles. The maximum atomic E-state index is 13.0. The molecule has 0 radical (unpaired) electrons. The van der Waals surface area contributed by atoms with Crippen molar-refractivity contribution in [2.75, 3.05) is 36.4 Å². The van der Waals surface area contributed by atoms with E-state index in [2.05, 4.69) is 39.5 Å². The molecule has 2 heterocycles. The number of nitrogens with one attached hydrogen (secondary N) is 2. The Hall–Kier alpha value is -3.06. The lowest BCUT2D eigenvalue weighted by molar-refractivity contribution is 0.0742. The van der Waals surface area contributed by atoms with Gasteiger partial charge in [-0.3, -0.25) is 4.79 Å². The van der Waals surface area contributed by atoms with E-state index >= 15 is 0 Å². The highest BCUT2D eigenvalue weighted by atomic mass is 35.5. The maximum absolute atomic E-state index is 13.0. The molecular weight excluding hydrogens is 388 g/mol. The number of anilines is 3. The molecule has 150 valence electrons. The van der Waals surface area contributed by atoms with Crippen LogP contribution in [0, 0.1) is 13.8 Å². The van der Waals surface area contributed by atoms with Crippen LogP contribution in [0.2, 0.25) is 5.02 Å². The molecule has 0 aliphatic carbocycles. The summed E-state index contributed by atoms with van der Waals surface area (Å²) in [7, 11) is 0. The van der Waals surface area contributed by atoms with Crippen molar-refractivity contribution < 1.29 is 4.79 Å². The van der Waals surface area contributed by atoms with Crippen molar-refractivity contribution in [2.24, 2.45) is 0 Å². The van der Waals surface area contributed by atoms with Crippen molar-refractivity contribution in [3.8, 4) is 0 Å². The monoisotopic (exact) mass is 410 g/mol. The number of halogens is 1. The zero-order chi connectivity index (χ0) is 20.4. The van der Waals surface area contributed by atoms with Crippen LogP contribution in [0.25, 0.3) is 0 Å². The Balaban J connectivity index is 1.42. The molecule has 2 aromatic carbocycles. The molecule has 8 heteroatoms. The van der Waals surface area contributed by atoms with E-state index < -0.39 is 0 Å². The van der Waals surface area contributed by atoms with Crippen molar-refractivity contribution in [2.45, 2.75) is 13.8 Å². The average molecular weight is 411 g/mol. The number of piperazine rings is 1. The van der Waals surface area contributed by atoms with Crippen molar-refractivity contribution >= 4 is 34.7 Å². The quantitative estimate of drug-likeness (QED) is 0.684. The number of aromatic nitrogens is 3. The largest absolute Gasteiger partial charge is 0.368 e. The first kappa shape index (κ1) is 19.3. The number of hydrogen-bond acceptors (Lipinski definition) is 5. The fourth-order valence-corrected chi connectivity index (χ4v) is 3.52. The molecule has 1 amide bonds. The highest BCUT2D eigenvalue weighted by Crippen LogP contribution is 2.23. The summed E-state index contributed by atoms with van der Waals surface area (Å²) >= 11 is 5.97. The van der Waals surface area contributed by atoms with E-state index in [0.717, 1.165) is 29.5 Å². The van der Waals surface area contributed by atoms with Gasteiger partial charge in [0.25, 0.3) is 5.91 Å². The van der Waals surface area contributed by atoms with Crippen LogP contribution in [0.5, 0.6) is 0 Å². The van der Waals surface area contributed by atoms with Gasteiger partial charge >= 0.3 is 0 Å². The van der Waals surface area contributed by atoms with Crippen LogP contribution in [0.4, 0.5) is 17.2 Å². The number of benzene rings is 2. The van der Waals surface area contributed by atoms with Crippen LogP contribution in [-0.4, -0.2) is 52.4 Å². The molecule has 1 aromatic heterocycles. The summed E-state index contributed by atoms with van der Waals surface area (Å²) in [5, 5.41) is 14.7. The lowest BCUT2D eigenvalue weighted by Crippen LogP contribution is -2.49. The first-order valence-electron chi connectivity index (χ1n) is 9.56. The second kappa shape index (κ2) is 8.13. The van der Waals surface area contributed by atoms with Crippen molar-refractivity contribution in [1.29, 1.82) is 0 Å². The van der Waals surface area contributed by atoms with Crippen LogP contribution < -0.4 is 10.2 Å². The van der Waals surface area contributed by atoms with Crippen LogP contribution >= 0.6 is 11.6 Å². The van der Waals surface area contributed by atoms with Gasteiger partial charge in [-0.05, 0) is 61.4 Å². The van der Waals surface area contributed by atoms with Crippen LogP contribution in [0.1, 0.15) is 21.6 Å². The van der Waals surface area contributed by atoms with E-state index in [-0.39, 0.29) is 5.91 Å². The van der Waals surface area contributed by atoms with Gasteiger partial charge in [-0.15, -0.1) is 10.2 Å². The smallest absolute Gasteiger partial charge is 0.278 e. The summed E-state index contributed by atoms with van der Waals surface area (Å²) < 4.78 is 0. The minimum absolute atomic E-state index is 0.124. The molecule has 0 unspecified atom stereocenters. The minimum atomic E-state index is -0.124. The van der Waals surface area contributed by atoms with Crippen molar-refractivity contribution in [1.82, 2.24) is 20.3 Å². The van der Waals surface area contributed by atoms with E-state index in [1.165, 1.54) is 11.1 Å². The summed E-state index contributed by atoms with van der Waals surface area (Å²) in [6.07, 6.45) is 0. The molecule has 1 aliphatic heterocycles. The Morgan fingerprint density at radius 3 is 2.41 bits per heavy atom. The molecule has 1 saturated heterocycles. The van der Waals surface area contributed by atoms with Gasteiger partial charge in [0, 0.05) is 42.6 Å². The third-order valence-electron chi connectivity index (χ3n) is 5.28. The number of hydrogen-bond donors (Lipinski definition) is 2. The Bertz CT molecular complexity index is 1010. The zero-order valence-electron chi connectivity index (χ0n) is 16.4. The standard InChI is InChI=1S/C21H23ClN6O/c1-14-3-6-17(13-15(14)2)23-20-19(24-26-25-20)21(29)28-11-9-27(10-12-28)18-7-4-16(22)5-8-18/h3-8,13H,9-12H2,1-2H3,(H2,23,24,25,26). The van der Waals surface area contributed by atoms with E-state index in [9.17, 15) is 4.79 Å². The summed E-state index contributed by atoms with van der Waals surface area (Å²) in [6.45, 7) is 6.87. The number of amides is 1. The second-order valence-corrected chi connectivity index (χ2v) is 7.64. The highest BCUT2D eigenvalue weighted by molar-refractivity contribution is 6.30. The topological polar surface area (TPSA) is 77.1 Å². The SMILES string of the molecule is Cc1ccc(Nc2n[nH]nc2C(=O)N2CCN(c3ccc(Cl)cc3)CC2)cc1C. The van der Waals surface area contributed by atoms with Gasteiger partial charge < -0.3 is 15.1 Å². The van der Waals surface area contributed by atoms with Crippen LogP contribution in [-0.2, 0) is 0 Å². The first-order chi connectivity index (χ1) is 14.0. The van der Waals surface area contributed by atoms with E-state index in [1.54, 1.807) is 0 Å². The zero-order valence-corrected chi connectivity index (χ0v) is 17.2. The lowest BCUT2D eigenvalue weighted by Gasteiger charge is -2.35. The molecule has 1 aliphatic rings. The van der Waals surface area contributed by atoms with Crippen LogP contribution in [0.15, 0.2) is 42.5 Å². The van der Waals surface area contributed by atoms with Crippen LogP contribution in [0.3, 0.4) is 0 Å². The van der Waals surface area contributed by atoms with Gasteiger partial charge in [-0.25, -0.2) is 0 Å². The normalized spacial score (nSPS) is 14.2. The third kappa shape index (κ3) is 4.19. The molecule has 7 nitrogen and oxygen atoms in total. The number of carbonyl (C=O) groups is 1. The van der Waals surface area contributed by atoms with E-state index in [1.807, 2.05) is 47.4 Å². The maximum Gasteiger partial charge on any atom is 0.278 e. The predicted molar refractivity (Wildman–Crippen MR) is 115 cm³/mol. The summed E-state index contributed by atoms with van der Waals surface area (Å²) in [5.74, 6) is 0.319. The summed E-state index contributed by atoms with van der Waals surface area (Å²) in [6, 6.07) is 13.8. The Morgan fingerprint density at radius 2 is 1.72 bits per heavy atom. The summed E-state index contributed by atoms with van der Waals surface area (Å²) in [4.78, 5) is 17.1. The van der Waals surface area contributed by atoms with Gasteiger partial charge in [0.15, 0.2) is 11.5 Å².